The molecule has 4 aromatic rings. The van der Waals surface area contributed by atoms with Gasteiger partial charge in [0.2, 0.25) is 5.91 Å². The first-order valence-electron chi connectivity index (χ1n) is 9.73. The number of hydrogen-bond acceptors (Lipinski definition) is 6. The lowest BCUT2D eigenvalue weighted by molar-refractivity contribution is -0.144. The van der Waals surface area contributed by atoms with Gasteiger partial charge in [0, 0.05) is 24.4 Å². The van der Waals surface area contributed by atoms with Crippen molar-refractivity contribution in [2.24, 2.45) is 0 Å². The van der Waals surface area contributed by atoms with E-state index in [1.165, 1.54) is 6.33 Å². The first-order chi connectivity index (χ1) is 15.2. The van der Waals surface area contributed by atoms with Crippen LogP contribution in [0, 0.1) is 13.8 Å². The van der Waals surface area contributed by atoms with Gasteiger partial charge in [-0.15, -0.1) is 5.10 Å². The second-order valence-corrected chi connectivity index (χ2v) is 7.19. The summed E-state index contributed by atoms with van der Waals surface area (Å²) in [7, 11) is 0. The number of benzene rings is 1. The van der Waals surface area contributed by atoms with Gasteiger partial charge in [0.15, 0.2) is 0 Å². The average molecular weight is 444 g/mol. The molecule has 9 nitrogen and oxygen atoms in total. The van der Waals surface area contributed by atoms with Crippen LogP contribution in [0.5, 0.6) is 0 Å². The molecular weight excluding hydrogens is 425 g/mol. The Morgan fingerprint density at radius 2 is 1.88 bits per heavy atom. The third-order valence-electron chi connectivity index (χ3n) is 5.01. The molecule has 0 saturated carbocycles. The molecule has 166 valence electrons. The fourth-order valence-corrected chi connectivity index (χ4v) is 3.33. The van der Waals surface area contributed by atoms with Crippen molar-refractivity contribution in [1.82, 2.24) is 39.7 Å². The van der Waals surface area contributed by atoms with Crippen LogP contribution >= 0.6 is 0 Å². The molecule has 3 heterocycles. The third kappa shape index (κ3) is 4.43. The first-order valence-corrected chi connectivity index (χ1v) is 9.73. The van der Waals surface area contributed by atoms with E-state index in [0.717, 1.165) is 15.8 Å². The third-order valence-corrected chi connectivity index (χ3v) is 5.01. The van der Waals surface area contributed by atoms with Crippen molar-refractivity contribution in [2.45, 2.75) is 39.4 Å². The van der Waals surface area contributed by atoms with E-state index in [1.54, 1.807) is 24.9 Å². The number of carbonyl (C=O) groups excluding carboxylic acids is 1. The smallest absolute Gasteiger partial charge is 0.352 e. The van der Waals surface area contributed by atoms with Gasteiger partial charge in [-0.25, -0.2) is 19.2 Å². The fraction of sp³-hybridized carbons (Fsp3) is 0.300. The Kier molecular flexibility index (Phi) is 5.59. The number of aryl methyl sites for hydroxylation is 2. The Morgan fingerprint density at radius 3 is 2.53 bits per heavy atom. The summed E-state index contributed by atoms with van der Waals surface area (Å²) >= 11 is 0. The monoisotopic (exact) mass is 444 g/mol. The van der Waals surface area contributed by atoms with Gasteiger partial charge in [-0.3, -0.25) is 4.79 Å². The van der Waals surface area contributed by atoms with Gasteiger partial charge < -0.3 is 5.32 Å². The molecule has 1 amide bonds. The molecular formula is C20H19F3N8O. The number of hydrogen-bond donors (Lipinski definition) is 1. The minimum atomic E-state index is -4.65. The number of rotatable bonds is 6. The molecule has 0 radical (unpaired) electrons. The van der Waals surface area contributed by atoms with Gasteiger partial charge in [-0.2, -0.15) is 23.3 Å². The van der Waals surface area contributed by atoms with Crippen molar-refractivity contribution in [3.8, 4) is 5.69 Å². The Bertz CT molecular complexity index is 1250. The predicted octanol–water partition coefficient (Wildman–Crippen LogP) is 2.59. The van der Waals surface area contributed by atoms with Gasteiger partial charge in [0.1, 0.15) is 12.7 Å². The summed E-state index contributed by atoms with van der Waals surface area (Å²) < 4.78 is 41.4. The number of halogens is 3. The molecule has 1 N–H and O–H groups in total. The Morgan fingerprint density at radius 1 is 1.12 bits per heavy atom. The summed E-state index contributed by atoms with van der Waals surface area (Å²) in [6, 6.07) is 7.51. The van der Waals surface area contributed by atoms with Gasteiger partial charge in [-0.05, 0) is 43.5 Å². The second kappa shape index (κ2) is 8.36. The summed E-state index contributed by atoms with van der Waals surface area (Å²) in [6.07, 6.45) is -1.13. The van der Waals surface area contributed by atoms with Crippen molar-refractivity contribution < 1.29 is 18.0 Å². The highest BCUT2D eigenvalue weighted by atomic mass is 19.4. The van der Waals surface area contributed by atoms with Crippen LogP contribution in [0.2, 0.25) is 0 Å². The number of fused-ring (bicyclic) bond motifs is 1. The van der Waals surface area contributed by atoms with Crippen LogP contribution in [0.4, 0.5) is 13.2 Å². The zero-order valence-electron chi connectivity index (χ0n) is 17.3. The standard InChI is InChI=1S/C20H19F3N8O/c1-12-16(13(2)31-19(27-12)28-18(29-31)20(21,22)23)7-8-17(32)25-9-14-3-5-15(6-4-14)30-11-24-10-26-30/h3-6,10-11H,7-9H2,1-2H3,(H,25,32). The Labute approximate surface area is 180 Å². The number of amides is 1. The molecule has 0 aliphatic rings. The highest BCUT2D eigenvalue weighted by Crippen LogP contribution is 2.27. The van der Waals surface area contributed by atoms with E-state index in [0.29, 0.717) is 29.9 Å². The minimum absolute atomic E-state index is 0.116. The molecule has 0 atom stereocenters. The Balaban J connectivity index is 1.38. The van der Waals surface area contributed by atoms with Crippen molar-refractivity contribution in [2.75, 3.05) is 0 Å². The van der Waals surface area contributed by atoms with E-state index < -0.39 is 12.0 Å². The predicted molar refractivity (Wildman–Crippen MR) is 107 cm³/mol. The highest BCUT2D eigenvalue weighted by molar-refractivity contribution is 5.76. The molecule has 0 bridgehead atoms. The molecule has 1 aromatic carbocycles. The van der Waals surface area contributed by atoms with E-state index in [-0.39, 0.29) is 18.1 Å². The fourth-order valence-electron chi connectivity index (χ4n) is 3.33. The van der Waals surface area contributed by atoms with Crippen molar-refractivity contribution in [3.63, 3.8) is 0 Å². The molecule has 32 heavy (non-hydrogen) atoms. The number of nitrogens with one attached hydrogen (secondary N) is 1. The van der Waals surface area contributed by atoms with Crippen LogP contribution in [0.1, 0.15) is 34.8 Å². The van der Waals surface area contributed by atoms with Crippen molar-refractivity contribution >= 4 is 11.7 Å². The summed E-state index contributed by atoms with van der Waals surface area (Å²) in [5.74, 6) is -1.54. The lowest BCUT2D eigenvalue weighted by Gasteiger charge is -2.11. The van der Waals surface area contributed by atoms with Crippen molar-refractivity contribution in [3.05, 3.63) is 65.3 Å². The normalized spacial score (nSPS) is 11.8. The second-order valence-electron chi connectivity index (χ2n) is 7.19. The summed E-state index contributed by atoms with van der Waals surface area (Å²) in [6.45, 7) is 3.67. The largest absolute Gasteiger partial charge is 0.453 e. The topological polar surface area (TPSA) is 103 Å². The van der Waals surface area contributed by atoms with E-state index >= 15 is 0 Å². The van der Waals surface area contributed by atoms with Crippen LogP contribution in [0.3, 0.4) is 0 Å². The van der Waals surface area contributed by atoms with Gasteiger partial charge in [0.25, 0.3) is 11.6 Å². The molecule has 0 spiro atoms. The maximum absolute atomic E-state index is 12.9. The first kappa shape index (κ1) is 21.4. The SMILES string of the molecule is Cc1nc2nc(C(F)(F)F)nn2c(C)c1CCC(=O)NCc1ccc(-n2cncn2)cc1. The van der Waals surface area contributed by atoms with Gasteiger partial charge in [-0.1, -0.05) is 12.1 Å². The van der Waals surface area contributed by atoms with Crippen LogP contribution < -0.4 is 5.32 Å². The average Bonchev–Trinajstić information content (AvgIpc) is 3.42. The molecule has 0 saturated heterocycles. The molecule has 12 heteroatoms. The van der Waals surface area contributed by atoms with Crippen LogP contribution in [-0.4, -0.2) is 40.3 Å². The number of carbonyl (C=O) groups is 1. The van der Waals surface area contributed by atoms with Gasteiger partial charge in [0.05, 0.1) is 5.69 Å². The number of aromatic nitrogens is 7. The van der Waals surface area contributed by atoms with E-state index in [1.807, 2.05) is 24.3 Å². The lowest BCUT2D eigenvalue weighted by atomic mass is 10.1. The summed E-state index contributed by atoms with van der Waals surface area (Å²) in [5, 5.41) is 10.4. The molecule has 0 unspecified atom stereocenters. The number of alkyl halides is 3. The van der Waals surface area contributed by atoms with Crippen molar-refractivity contribution in [1.29, 1.82) is 0 Å². The lowest BCUT2D eigenvalue weighted by Crippen LogP contribution is -2.23. The quantitative estimate of drug-likeness (QED) is 0.490. The van der Waals surface area contributed by atoms with Crippen LogP contribution in [0.15, 0.2) is 36.9 Å². The summed E-state index contributed by atoms with van der Waals surface area (Å²) in [5.41, 5.74) is 3.44. The number of nitrogens with zero attached hydrogens (tertiary/aromatic N) is 7. The van der Waals surface area contributed by atoms with E-state index in [9.17, 15) is 18.0 Å². The van der Waals surface area contributed by atoms with Crippen LogP contribution in [-0.2, 0) is 23.9 Å². The summed E-state index contributed by atoms with van der Waals surface area (Å²) in [4.78, 5) is 23.8. The molecule has 0 aliphatic carbocycles. The maximum atomic E-state index is 12.9. The zero-order chi connectivity index (χ0) is 22.9. The minimum Gasteiger partial charge on any atom is -0.352 e. The van der Waals surface area contributed by atoms with E-state index in [4.69, 9.17) is 0 Å². The van der Waals surface area contributed by atoms with Crippen LogP contribution in [0.25, 0.3) is 11.5 Å². The molecule has 0 fully saturated rings. The molecule has 4 rings (SSSR count). The van der Waals surface area contributed by atoms with E-state index in [2.05, 4.69) is 30.5 Å². The maximum Gasteiger partial charge on any atom is 0.453 e. The Hall–Kier alpha value is -3.83. The molecule has 0 aliphatic heterocycles. The van der Waals surface area contributed by atoms with Gasteiger partial charge >= 0.3 is 6.18 Å². The highest BCUT2D eigenvalue weighted by Gasteiger charge is 2.36. The zero-order valence-corrected chi connectivity index (χ0v) is 17.3. The molecule has 3 aromatic heterocycles.